The van der Waals surface area contributed by atoms with Gasteiger partial charge in [0.1, 0.15) is 5.75 Å². The first-order chi connectivity index (χ1) is 17.4. The number of anilines is 1. The third-order valence-electron chi connectivity index (χ3n) is 7.05. The van der Waals surface area contributed by atoms with Crippen LogP contribution in [0.3, 0.4) is 0 Å². The van der Waals surface area contributed by atoms with Crippen molar-refractivity contribution in [3.05, 3.63) is 41.7 Å². The highest BCUT2D eigenvalue weighted by molar-refractivity contribution is 5.80. The van der Waals surface area contributed by atoms with Gasteiger partial charge in [-0.25, -0.2) is 0 Å². The van der Waals surface area contributed by atoms with Gasteiger partial charge in [-0.2, -0.15) is 4.98 Å². The van der Waals surface area contributed by atoms with Crippen LogP contribution in [0.1, 0.15) is 63.3 Å². The van der Waals surface area contributed by atoms with E-state index >= 15 is 0 Å². The minimum Gasteiger partial charge on any atom is -0.493 e. The summed E-state index contributed by atoms with van der Waals surface area (Å²) < 4.78 is 11.5. The number of piperidine rings is 1. The van der Waals surface area contributed by atoms with Gasteiger partial charge < -0.3 is 29.7 Å². The van der Waals surface area contributed by atoms with Gasteiger partial charge in [-0.05, 0) is 61.3 Å². The van der Waals surface area contributed by atoms with E-state index in [0.717, 1.165) is 55.9 Å². The van der Waals surface area contributed by atoms with E-state index < -0.39 is 6.10 Å². The molecule has 0 radical (unpaired) electrons. The molecule has 36 heavy (non-hydrogen) atoms. The maximum absolute atomic E-state index is 12.3. The van der Waals surface area contributed by atoms with Crippen LogP contribution in [0.15, 0.2) is 34.9 Å². The number of ether oxygens (including phenoxy) is 1. The maximum atomic E-state index is 12.3. The molecule has 1 saturated heterocycles. The minimum atomic E-state index is -0.910. The van der Waals surface area contributed by atoms with Crippen LogP contribution >= 0.6 is 0 Å². The molecular formula is C27H38N4O5. The highest BCUT2D eigenvalue weighted by Gasteiger charge is 2.25. The summed E-state index contributed by atoms with van der Waals surface area (Å²) in [6.45, 7) is 6.32. The summed E-state index contributed by atoms with van der Waals surface area (Å²) in [6, 6.07) is 8.84. The lowest BCUT2D eigenvalue weighted by Crippen LogP contribution is -2.38. The highest BCUT2D eigenvalue weighted by atomic mass is 16.5. The number of rotatable bonds is 10. The summed E-state index contributed by atoms with van der Waals surface area (Å²) in [7, 11) is 0. The Bertz CT molecular complexity index is 1010. The third-order valence-corrected chi connectivity index (χ3v) is 7.05. The second kappa shape index (κ2) is 12.4. The largest absolute Gasteiger partial charge is 0.493 e. The maximum Gasteiger partial charge on any atom is 0.324 e. The Morgan fingerprint density at radius 3 is 2.58 bits per heavy atom. The summed E-state index contributed by atoms with van der Waals surface area (Å²) in [5, 5.41) is 25.1. The second-order valence-electron chi connectivity index (χ2n) is 10.1. The third kappa shape index (κ3) is 6.85. The number of nitrogens with one attached hydrogen (secondary N) is 1. The number of amides is 1. The number of hydrogen-bond donors (Lipinski definition) is 3. The van der Waals surface area contributed by atoms with Gasteiger partial charge in [0.15, 0.2) is 5.82 Å². The number of benzene rings is 1. The predicted molar refractivity (Wildman–Crippen MR) is 137 cm³/mol. The number of aromatic nitrogens is 2. The molecule has 2 atom stereocenters. The van der Waals surface area contributed by atoms with Crippen LogP contribution in [-0.4, -0.2) is 65.2 Å². The van der Waals surface area contributed by atoms with E-state index in [9.17, 15) is 9.90 Å². The van der Waals surface area contributed by atoms with Crippen molar-refractivity contribution in [3.8, 4) is 5.75 Å². The van der Waals surface area contributed by atoms with Gasteiger partial charge in [-0.3, -0.25) is 4.79 Å². The van der Waals surface area contributed by atoms with E-state index in [0.29, 0.717) is 25.0 Å². The molecule has 2 heterocycles. The first-order valence-electron chi connectivity index (χ1n) is 13.0. The number of carbonyl (C=O) groups is 1. The molecule has 0 spiro atoms. The number of allylic oxidation sites excluding steroid dienone is 2. The molecule has 3 N–H and O–H groups in total. The molecule has 4 rings (SSSR count). The molecule has 2 aliphatic rings. The van der Waals surface area contributed by atoms with Crippen molar-refractivity contribution in [2.45, 2.75) is 58.0 Å². The van der Waals surface area contributed by atoms with Crippen molar-refractivity contribution in [1.29, 1.82) is 0 Å². The second-order valence-corrected chi connectivity index (χ2v) is 10.1. The van der Waals surface area contributed by atoms with Crippen LogP contribution in [0, 0.1) is 11.8 Å². The van der Waals surface area contributed by atoms with Crippen molar-refractivity contribution in [3.63, 3.8) is 0 Å². The topological polar surface area (TPSA) is 121 Å². The van der Waals surface area contributed by atoms with E-state index in [-0.39, 0.29) is 30.9 Å². The van der Waals surface area contributed by atoms with Gasteiger partial charge >= 0.3 is 6.01 Å². The summed E-state index contributed by atoms with van der Waals surface area (Å²) in [6.07, 6.45) is 5.55. The smallest absolute Gasteiger partial charge is 0.324 e. The molecule has 9 heteroatoms. The molecule has 0 saturated carbocycles. The fraction of sp³-hybridized carbons (Fsp3) is 0.593. The standard InChI is InChI=1S/C27H38N4O5/c1-18(2)25-29-27(36-30-25)31-13-11-19(12-14-31)17-35-24-9-7-21(8-10-24)20-3-5-22(6-4-20)26(34)28-15-23(33)16-32/h3,7-10,18-19,22-23,32-33H,4-6,11-17H2,1-2H3,(H,28,34)/t22?,23-/m0/s1. The van der Waals surface area contributed by atoms with Crippen LogP contribution in [0.5, 0.6) is 5.75 Å². The highest BCUT2D eigenvalue weighted by Crippen LogP contribution is 2.31. The van der Waals surface area contributed by atoms with E-state index in [2.05, 4.69) is 52.4 Å². The molecule has 1 amide bonds. The molecule has 1 aromatic heterocycles. The Kier molecular flexibility index (Phi) is 8.98. The predicted octanol–water partition coefficient (Wildman–Crippen LogP) is 3.14. The normalized spacial score (nSPS) is 19.8. The van der Waals surface area contributed by atoms with E-state index in [4.69, 9.17) is 14.4 Å². The number of carbonyl (C=O) groups excluding carboxylic acids is 1. The molecule has 1 fully saturated rings. The van der Waals surface area contributed by atoms with Crippen molar-refractivity contribution >= 4 is 17.5 Å². The molecule has 1 aromatic carbocycles. The molecule has 9 nitrogen and oxygen atoms in total. The number of hydrogen-bond acceptors (Lipinski definition) is 8. The lowest BCUT2D eigenvalue weighted by molar-refractivity contribution is -0.125. The fourth-order valence-corrected chi connectivity index (χ4v) is 4.62. The van der Waals surface area contributed by atoms with Crippen LogP contribution in [0.4, 0.5) is 6.01 Å². The summed E-state index contributed by atoms with van der Waals surface area (Å²) in [5.74, 6) is 2.22. The summed E-state index contributed by atoms with van der Waals surface area (Å²) in [5.41, 5.74) is 2.40. The lowest BCUT2D eigenvalue weighted by atomic mass is 9.86. The van der Waals surface area contributed by atoms with Crippen LogP contribution < -0.4 is 15.0 Å². The molecule has 0 bridgehead atoms. The van der Waals surface area contributed by atoms with Gasteiger partial charge in [0.2, 0.25) is 5.91 Å². The quantitative estimate of drug-likeness (QED) is 0.457. The zero-order valence-corrected chi connectivity index (χ0v) is 21.2. The number of nitrogens with zero attached hydrogens (tertiary/aromatic N) is 3. The zero-order chi connectivity index (χ0) is 25.5. The number of aliphatic hydroxyl groups excluding tert-OH is 2. The van der Waals surface area contributed by atoms with Gasteiger partial charge in [0.25, 0.3) is 0 Å². The number of aliphatic hydroxyl groups is 2. The van der Waals surface area contributed by atoms with E-state index in [1.165, 1.54) is 5.57 Å². The van der Waals surface area contributed by atoms with Gasteiger partial charge in [-0.1, -0.05) is 37.2 Å². The van der Waals surface area contributed by atoms with Crippen molar-refractivity contribution < 1.29 is 24.3 Å². The molecule has 1 aliphatic heterocycles. The van der Waals surface area contributed by atoms with Crippen LogP contribution in [-0.2, 0) is 4.79 Å². The fourth-order valence-electron chi connectivity index (χ4n) is 4.62. The van der Waals surface area contributed by atoms with Gasteiger partial charge in [0, 0.05) is 31.5 Å². The molecule has 1 unspecified atom stereocenters. The molecule has 1 aliphatic carbocycles. The SMILES string of the molecule is CC(C)c1noc(N2CCC(COc3ccc(C4=CCC(C(=O)NC[C@H](O)CO)CC4)cc3)CC2)n1. The Morgan fingerprint density at radius 1 is 1.22 bits per heavy atom. The van der Waals surface area contributed by atoms with Crippen LogP contribution in [0.2, 0.25) is 0 Å². The Balaban J connectivity index is 1.20. The van der Waals surface area contributed by atoms with Gasteiger partial charge in [0.05, 0.1) is 19.3 Å². The average molecular weight is 499 g/mol. The van der Waals surface area contributed by atoms with Crippen molar-refractivity contribution in [2.24, 2.45) is 11.8 Å². The molecule has 196 valence electrons. The Morgan fingerprint density at radius 2 is 1.97 bits per heavy atom. The summed E-state index contributed by atoms with van der Waals surface area (Å²) in [4.78, 5) is 18.9. The van der Waals surface area contributed by atoms with Gasteiger partial charge in [-0.15, -0.1) is 0 Å². The van der Waals surface area contributed by atoms with E-state index in [1.807, 2.05) is 12.1 Å². The van der Waals surface area contributed by atoms with Crippen LogP contribution in [0.25, 0.3) is 5.57 Å². The Hall–Kier alpha value is -2.91. The summed E-state index contributed by atoms with van der Waals surface area (Å²) >= 11 is 0. The lowest BCUT2D eigenvalue weighted by Gasteiger charge is -2.30. The van der Waals surface area contributed by atoms with E-state index in [1.54, 1.807) is 0 Å². The first-order valence-corrected chi connectivity index (χ1v) is 13.0. The Labute approximate surface area is 212 Å². The van der Waals surface area contributed by atoms with Crippen molar-refractivity contribution in [2.75, 3.05) is 37.7 Å². The zero-order valence-electron chi connectivity index (χ0n) is 21.2. The van der Waals surface area contributed by atoms with Crippen molar-refractivity contribution in [1.82, 2.24) is 15.5 Å². The molecular weight excluding hydrogens is 460 g/mol. The molecule has 2 aromatic rings. The first kappa shape index (κ1) is 26.2. The monoisotopic (exact) mass is 498 g/mol. The minimum absolute atomic E-state index is 0.0650. The average Bonchev–Trinajstić information content (AvgIpc) is 3.42.